The van der Waals surface area contributed by atoms with E-state index in [-0.39, 0.29) is 16.1 Å². The van der Waals surface area contributed by atoms with Gasteiger partial charge in [-0.25, -0.2) is 12.8 Å². The zero-order valence-electron chi connectivity index (χ0n) is 15.4. The van der Waals surface area contributed by atoms with Gasteiger partial charge in [0.05, 0.1) is 4.90 Å². The summed E-state index contributed by atoms with van der Waals surface area (Å²) in [5, 5.41) is 2.77. The van der Waals surface area contributed by atoms with Crippen molar-refractivity contribution in [2.75, 3.05) is 10.0 Å². The average Bonchev–Trinajstić information content (AvgIpc) is 2.66. The van der Waals surface area contributed by atoms with Crippen molar-refractivity contribution in [1.82, 2.24) is 0 Å². The topological polar surface area (TPSA) is 75.3 Å². The molecule has 0 saturated carbocycles. The molecule has 5 nitrogen and oxygen atoms in total. The van der Waals surface area contributed by atoms with Crippen molar-refractivity contribution < 1.29 is 17.6 Å². The first kappa shape index (κ1) is 19.6. The standard InChI is InChI=1S/C21H19FN2O3S/c1-14-6-9-19(12-15(14)2)23-21(25)16-4-3-5-20(13-16)28(26,27)24-18-10-7-17(22)8-11-18/h3-13,24H,1-2H3,(H,23,25). The van der Waals surface area contributed by atoms with Crippen molar-refractivity contribution >= 4 is 27.3 Å². The molecule has 3 aromatic rings. The number of carbonyl (C=O) groups is 1. The van der Waals surface area contributed by atoms with E-state index in [4.69, 9.17) is 0 Å². The van der Waals surface area contributed by atoms with Crippen LogP contribution in [0.1, 0.15) is 21.5 Å². The second kappa shape index (κ2) is 7.82. The molecule has 0 radical (unpaired) electrons. The highest BCUT2D eigenvalue weighted by Crippen LogP contribution is 2.19. The van der Waals surface area contributed by atoms with Gasteiger partial charge >= 0.3 is 0 Å². The summed E-state index contributed by atoms with van der Waals surface area (Å²) in [5.41, 5.74) is 3.22. The van der Waals surface area contributed by atoms with Gasteiger partial charge in [0.15, 0.2) is 0 Å². The van der Waals surface area contributed by atoms with E-state index in [0.29, 0.717) is 5.69 Å². The largest absolute Gasteiger partial charge is 0.322 e. The predicted octanol–water partition coefficient (Wildman–Crippen LogP) is 4.50. The van der Waals surface area contributed by atoms with Crippen molar-refractivity contribution in [3.05, 3.63) is 89.2 Å². The molecule has 0 saturated heterocycles. The zero-order valence-corrected chi connectivity index (χ0v) is 16.2. The van der Waals surface area contributed by atoms with Crippen molar-refractivity contribution in [3.63, 3.8) is 0 Å². The molecule has 0 heterocycles. The number of halogens is 1. The molecule has 0 spiro atoms. The second-order valence-electron chi connectivity index (χ2n) is 6.39. The summed E-state index contributed by atoms with van der Waals surface area (Å²) in [6, 6.07) is 16.2. The Morgan fingerprint density at radius 1 is 0.857 bits per heavy atom. The lowest BCUT2D eigenvalue weighted by Crippen LogP contribution is -2.16. The van der Waals surface area contributed by atoms with E-state index in [1.807, 2.05) is 26.0 Å². The maximum Gasteiger partial charge on any atom is 0.261 e. The normalized spacial score (nSPS) is 11.1. The van der Waals surface area contributed by atoms with Crippen LogP contribution in [0.2, 0.25) is 0 Å². The number of carbonyl (C=O) groups excluding carboxylic acids is 1. The molecule has 2 N–H and O–H groups in total. The molecule has 1 amide bonds. The highest BCUT2D eigenvalue weighted by Gasteiger charge is 2.17. The molecule has 0 bridgehead atoms. The quantitative estimate of drug-likeness (QED) is 0.665. The maximum atomic E-state index is 13.0. The number of anilines is 2. The lowest BCUT2D eigenvalue weighted by molar-refractivity contribution is 0.102. The van der Waals surface area contributed by atoms with Crippen LogP contribution in [0.4, 0.5) is 15.8 Å². The molecule has 0 unspecified atom stereocenters. The maximum absolute atomic E-state index is 13.0. The van der Waals surface area contributed by atoms with Gasteiger partial charge in [-0.05, 0) is 79.6 Å². The van der Waals surface area contributed by atoms with Crippen LogP contribution in [0.5, 0.6) is 0 Å². The smallest absolute Gasteiger partial charge is 0.261 e. The van der Waals surface area contributed by atoms with Gasteiger partial charge in [-0.3, -0.25) is 9.52 Å². The molecule has 28 heavy (non-hydrogen) atoms. The third kappa shape index (κ3) is 4.55. The number of nitrogens with one attached hydrogen (secondary N) is 2. The summed E-state index contributed by atoms with van der Waals surface area (Å²) >= 11 is 0. The SMILES string of the molecule is Cc1ccc(NC(=O)c2cccc(S(=O)(=O)Nc3ccc(F)cc3)c2)cc1C. The molecule has 0 aliphatic rings. The fraction of sp³-hybridized carbons (Fsp3) is 0.0952. The van der Waals surface area contributed by atoms with Crippen LogP contribution in [0.3, 0.4) is 0 Å². The number of benzene rings is 3. The van der Waals surface area contributed by atoms with E-state index in [0.717, 1.165) is 23.3 Å². The summed E-state index contributed by atoms with van der Waals surface area (Å²) in [5.74, 6) is -0.880. The first-order chi connectivity index (χ1) is 13.2. The van der Waals surface area contributed by atoms with E-state index >= 15 is 0 Å². The minimum atomic E-state index is -3.92. The molecule has 3 aromatic carbocycles. The Labute approximate surface area is 163 Å². The third-order valence-corrected chi connectivity index (χ3v) is 5.65. The van der Waals surface area contributed by atoms with Crippen LogP contribution in [0.15, 0.2) is 71.6 Å². The first-order valence-electron chi connectivity index (χ1n) is 8.52. The summed E-state index contributed by atoms with van der Waals surface area (Å²) < 4.78 is 40.5. The van der Waals surface area contributed by atoms with E-state index in [9.17, 15) is 17.6 Å². The Morgan fingerprint density at radius 2 is 1.54 bits per heavy atom. The van der Waals surface area contributed by atoms with E-state index in [2.05, 4.69) is 10.0 Å². The van der Waals surface area contributed by atoms with Gasteiger partial charge in [0.25, 0.3) is 15.9 Å². The highest BCUT2D eigenvalue weighted by molar-refractivity contribution is 7.92. The summed E-state index contributed by atoms with van der Waals surface area (Å²) in [6.07, 6.45) is 0. The molecule has 3 rings (SSSR count). The van der Waals surface area contributed by atoms with Gasteiger partial charge < -0.3 is 5.32 Å². The Morgan fingerprint density at radius 3 is 2.21 bits per heavy atom. The lowest BCUT2D eigenvalue weighted by atomic mass is 10.1. The minimum Gasteiger partial charge on any atom is -0.322 e. The monoisotopic (exact) mass is 398 g/mol. The van der Waals surface area contributed by atoms with Crippen molar-refractivity contribution in [1.29, 1.82) is 0 Å². The zero-order chi connectivity index (χ0) is 20.3. The van der Waals surface area contributed by atoms with Crippen LogP contribution in [0.25, 0.3) is 0 Å². The Bertz CT molecular complexity index is 1130. The van der Waals surface area contributed by atoms with Crippen molar-refractivity contribution in [3.8, 4) is 0 Å². The number of amides is 1. The average molecular weight is 398 g/mol. The molecule has 7 heteroatoms. The fourth-order valence-electron chi connectivity index (χ4n) is 2.56. The molecule has 0 atom stereocenters. The number of sulfonamides is 1. The molecule has 0 aromatic heterocycles. The molecular weight excluding hydrogens is 379 g/mol. The van der Waals surface area contributed by atoms with Crippen LogP contribution < -0.4 is 10.0 Å². The van der Waals surface area contributed by atoms with Gasteiger partial charge in [-0.2, -0.15) is 0 Å². The second-order valence-corrected chi connectivity index (χ2v) is 8.08. The minimum absolute atomic E-state index is 0.0652. The van der Waals surface area contributed by atoms with Crippen LogP contribution in [-0.4, -0.2) is 14.3 Å². The van der Waals surface area contributed by atoms with E-state index in [1.165, 1.54) is 36.4 Å². The molecule has 0 fully saturated rings. The van der Waals surface area contributed by atoms with Crippen LogP contribution in [-0.2, 0) is 10.0 Å². The third-order valence-electron chi connectivity index (χ3n) is 4.27. The summed E-state index contributed by atoms with van der Waals surface area (Å²) in [6.45, 7) is 3.92. The fourth-order valence-corrected chi connectivity index (χ4v) is 3.66. The molecule has 0 aliphatic heterocycles. The van der Waals surface area contributed by atoms with Gasteiger partial charge in [-0.1, -0.05) is 12.1 Å². The van der Waals surface area contributed by atoms with Gasteiger partial charge in [-0.15, -0.1) is 0 Å². The Balaban J connectivity index is 1.81. The lowest BCUT2D eigenvalue weighted by Gasteiger charge is -2.10. The molecule has 0 aliphatic carbocycles. The van der Waals surface area contributed by atoms with Crippen molar-refractivity contribution in [2.24, 2.45) is 0 Å². The molecule has 144 valence electrons. The van der Waals surface area contributed by atoms with Gasteiger partial charge in [0.1, 0.15) is 5.82 Å². The predicted molar refractivity (Wildman–Crippen MR) is 108 cm³/mol. The van der Waals surface area contributed by atoms with Crippen molar-refractivity contribution in [2.45, 2.75) is 18.7 Å². The van der Waals surface area contributed by atoms with Gasteiger partial charge in [0, 0.05) is 16.9 Å². The van der Waals surface area contributed by atoms with Gasteiger partial charge in [0.2, 0.25) is 0 Å². The number of hydrogen-bond acceptors (Lipinski definition) is 3. The van der Waals surface area contributed by atoms with E-state index in [1.54, 1.807) is 6.07 Å². The Hall–Kier alpha value is -3.19. The Kier molecular flexibility index (Phi) is 5.46. The number of aryl methyl sites for hydroxylation is 2. The van der Waals surface area contributed by atoms with Crippen LogP contribution >= 0.6 is 0 Å². The summed E-state index contributed by atoms with van der Waals surface area (Å²) in [4.78, 5) is 12.5. The van der Waals surface area contributed by atoms with Crippen LogP contribution in [0, 0.1) is 19.7 Å². The highest BCUT2D eigenvalue weighted by atomic mass is 32.2. The number of hydrogen-bond donors (Lipinski definition) is 2. The first-order valence-corrected chi connectivity index (χ1v) is 10.00. The molecular formula is C21H19FN2O3S. The number of rotatable bonds is 5. The summed E-state index contributed by atoms with van der Waals surface area (Å²) in [7, 11) is -3.92. The van der Waals surface area contributed by atoms with E-state index < -0.39 is 21.7 Å².